The molecule has 0 aliphatic rings. The summed E-state index contributed by atoms with van der Waals surface area (Å²) < 4.78 is 0. The van der Waals surface area contributed by atoms with E-state index < -0.39 is 0 Å². The molecule has 0 heterocycles. The van der Waals surface area contributed by atoms with Gasteiger partial charge in [-0.3, -0.25) is 0 Å². The Bertz CT molecular complexity index is 570. The summed E-state index contributed by atoms with van der Waals surface area (Å²) in [4.78, 5) is 1.24. The van der Waals surface area contributed by atoms with Crippen LogP contribution in [0.3, 0.4) is 0 Å². The zero-order valence-corrected chi connectivity index (χ0v) is 14.4. The van der Waals surface area contributed by atoms with Crippen LogP contribution in [0.1, 0.15) is 24.5 Å². The third-order valence-corrected chi connectivity index (χ3v) is 4.73. The van der Waals surface area contributed by atoms with Crippen molar-refractivity contribution in [2.75, 3.05) is 6.54 Å². The number of rotatable bonds is 7. The van der Waals surface area contributed by atoms with E-state index >= 15 is 0 Å². The highest BCUT2D eigenvalue weighted by molar-refractivity contribution is 7.98. The molecule has 0 radical (unpaired) electrons. The largest absolute Gasteiger partial charge is 0.313 e. The molecule has 1 N–H and O–H groups in total. The lowest BCUT2D eigenvalue weighted by Gasteiger charge is -2.11. The summed E-state index contributed by atoms with van der Waals surface area (Å²) in [5.41, 5.74) is 2.56. The minimum atomic E-state index is 0.774. The van der Waals surface area contributed by atoms with Crippen LogP contribution in [0.15, 0.2) is 47.4 Å². The fourth-order valence-electron chi connectivity index (χ4n) is 1.95. The van der Waals surface area contributed by atoms with Crippen LogP contribution in [0.25, 0.3) is 0 Å². The average molecular weight is 340 g/mol. The van der Waals surface area contributed by atoms with Crippen molar-refractivity contribution in [3.63, 3.8) is 0 Å². The van der Waals surface area contributed by atoms with Gasteiger partial charge in [-0.2, -0.15) is 0 Å². The highest BCUT2D eigenvalue weighted by Gasteiger charge is 2.05. The third-order valence-electron chi connectivity index (χ3n) is 3.08. The van der Waals surface area contributed by atoms with Crippen LogP contribution < -0.4 is 5.32 Å². The molecule has 0 saturated carbocycles. The van der Waals surface area contributed by atoms with Crippen LogP contribution in [0.4, 0.5) is 0 Å². The Morgan fingerprint density at radius 2 is 1.71 bits per heavy atom. The Hall–Kier alpha value is -0.670. The van der Waals surface area contributed by atoms with Crippen molar-refractivity contribution in [2.45, 2.75) is 30.5 Å². The van der Waals surface area contributed by atoms with Crippen molar-refractivity contribution in [1.29, 1.82) is 0 Å². The van der Waals surface area contributed by atoms with Crippen molar-refractivity contribution in [2.24, 2.45) is 0 Å². The van der Waals surface area contributed by atoms with E-state index in [0.717, 1.165) is 35.3 Å². The van der Waals surface area contributed by atoms with E-state index in [2.05, 4.69) is 30.4 Å². The first kappa shape index (κ1) is 16.7. The molecule has 0 fully saturated rings. The number of hydrogen-bond acceptors (Lipinski definition) is 2. The van der Waals surface area contributed by atoms with Gasteiger partial charge >= 0.3 is 0 Å². The molecule has 4 heteroatoms. The topological polar surface area (TPSA) is 12.0 Å². The van der Waals surface area contributed by atoms with Gasteiger partial charge in [0.25, 0.3) is 0 Å². The van der Waals surface area contributed by atoms with Gasteiger partial charge in [-0.1, -0.05) is 48.3 Å². The molecule has 0 saturated heterocycles. The fraction of sp³-hybridized carbons (Fsp3) is 0.294. The van der Waals surface area contributed by atoms with Crippen LogP contribution in [0, 0.1) is 0 Å². The summed E-state index contributed by atoms with van der Waals surface area (Å²) in [7, 11) is 0. The molecule has 0 aliphatic carbocycles. The van der Waals surface area contributed by atoms with E-state index in [1.807, 2.05) is 36.0 Å². The van der Waals surface area contributed by atoms with Crippen LogP contribution in [0.5, 0.6) is 0 Å². The quantitative estimate of drug-likeness (QED) is 0.506. The van der Waals surface area contributed by atoms with Crippen molar-refractivity contribution in [1.82, 2.24) is 5.32 Å². The second-order valence-electron chi connectivity index (χ2n) is 4.84. The van der Waals surface area contributed by atoms with E-state index in [4.69, 9.17) is 23.2 Å². The Morgan fingerprint density at radius 3 is 2.43 bits per heavy atom. The second-order valence-corrected chi connectivity index (χ2v) is 6.73. The number of halogens is 2. The molecule has 1 nitrogen and oxygen atoms in total. The zero-order chi connectivity index (χ0) is 15.1. The molecule has 0 amide bonds. The van der Waals surface area contributed by atoms with Crippen molar-refractivity contribution in [3.05, 3.63) is 63.6 Å². The normalized spacial score (nSPS) is 10.8. The predicted octanol–water partition coefficient (Wildman–Crippen LogP) is 5.79. The standard InChI is InChI=1S/C17H19Cl2NS/c1-2-9-20-11-14-5-8-16(19)10-17(14)21-12-13-3-6-15(18)7-4-13/h3-8,10,20H,2,9,11-12H2,1H3. The smallest absolute Gasteiger partial charge is 0.0417 e. The predicted molar refractivity (Wildman–Crippen MR) is 94.5 cm³/mol. The van der Waals surface area contributed by atoms with Gasteiger partial charge in [-0.25, -0.2) is 0 Å². The van der Waals surface area contributed by atoms with E-state index in [-0.39, 0.29) is 0 Å². The molecule has 0 spiro atoms. The van der Waals surface area contributed by atoms with Gasteiger partial charge in [0.15, 0.2) is 0 Å². The molecule has 21 heavy (non-hydrogen) atoms. The summed E-state index contributed by atoms with van der Waals surface area (Å²) in [6.45, 7) is 4.09. The Morgan fingerprint density at radius 1 is 1.00 bits per heavy atom. The first-order valence-corrected chi connectivity index (χ1v) is 8.79. The summed E-state index contributed by atoms with van der Waals surface area (Å²) in [6.07, 6.45) is 1.14. The first-order chi connectivity index (χ1) is 10.2. The second kappa shape index (κ2) is 8.70. The SMILES string of the molecule is CCCNCc1ccc(Cl)cc1SCc1ccc(Cl)cc1. The van der Waals surface area contributed by atoms with Crippen LogP contribution >= 0.6 is 35.0 Å². The summed E-state index contributed by atoms with van der Waals surface area (Å²) in [5.74, 6) is 0.915. The van der Waals surface area contributed by atoms with Crippen molar-refractivity contribution < 1.29 is 0 Å². The van der Waals surface area contributed by atoms with Gasteiger partial charge in [0.1, 0.15) is 0 Å². The monoisotopic (exact) mass is 339 g/mol. The minimum absolute atomic E-state index is 0.774. The molecule has 112 valence electrons. The minimum Gasteiger partial charge on any atom is -0.313 e. The van der Waals surface area contributed by atoms with Gasteiger partial charge in [-0.15, -0.1) is 11.8 Å². The number of benzene rings is 2. The van der Waals surface area contributed by atoms with Crippen molar-refractivity contribution in [3.8, 4) is 0 Å². The van der Waals surface area contributed by atoms with Crippen molar-refractivity contribution >= 4 is 35.0 Å². The maximum absolute atomic E-state index is 6.13. The molecular weight excluding hydrogens is 321 g/mol. The third kappa shape index (κ3) is 5.55. The van der Waals surface area contributed by atoms with E-state index in [1.165, 1.54) is 16.0 Å². The molecule has 0 atom stereocenters. The summed E-state index contributed by atoms with van der Waals surface area (Å²) >= 11 is 13.9. The van der Waals surface area contributed by atoms with Gasteiger partial charge in [0.05, 0.1) is 0 Å². The molecule has 0 bridgehead atoms. The fourth-order valence-corrected chi connectivity index (χ4v) is 3.36. The first-order valence-electron chi connectivity index (χ1n) is 7.05. The van der Waals surface area contributed by atoms with E-state index in [0.29, 0.717) is 0 Å². The van der Waals surface area contributed by atoms with Gasteiger partial charge in [0, 0.05) is 27.2 Å². The summed E-state index contributed by atoms with van der Waals surface area (Å²) in [5, 5.41) is 5.00. The van der Waals surface area contributed by atoms with Gasteiger partial charge in [-0.05, 0) is 48.4 Å². The number of thioether (sulfide) groups is 1. The molecule has 2 aromatic rings. The lowest BCUT2D eigenvalue weighted by Crippen LogP contribution is -2.14. The molecule has 0 unspecified atom stereocenters. The van der Waals surface area contributed by atoms with Gasteiger partial charge in [0.2, 0.25) is 0 Å². The maximum atomic E-state index is 6.13. The lowest BCUT2D eigenvalue weighted by molar-refractivity contribution is 0.669. The molecular formula is C17H19Cl2NS. The molecule has 2 aromatic carbocycles. The van der Waals surface area contributed by atoms with E-state index in [1.54, 1.807) is 0 Å². The Balaban J connectivity index is 2.03. The lowest BCUT2D eigenvalue weighted by atomic mass is 10.2. The van der Waals surface area contributed by atoms with Gasteiger partial charge < -0.3 is 5.32 Å². The van der Waals surface area contributed by atoms with Crippen LogP contribution in [-0.2, 0) is 12.3 Å². The number of hydrogen-bond donors (Lipinski definition) is 1. The van der Waals surface area contributed by atoms with Crippen LogP contribution in [-0.4, -0.2) is 6.54 Å². The zero-order valence-electron chi connectivity index (χ0n) is 12.0. The average Bonchev–Trinajstić information content (AvgIpc) is 2.49. The van der Waals surface area contributed by atoms with E-state index in [9.17, 15) is 0 Å². The maximum Gasteiger partial charge on any atom is 0.0417 e. The van der Waals surface area contributed by atoms with Crippen LogP contribution in [0.2, 0.25) is 10.0 Å². The highest BCUT2D eigenvalue weighted by Crippen LogP contribution is 2.29. The highest BCUT2D eigenvalue weighted by atomic mass is 35.5. The molecule has 0 aromatic heterocycles. The Kier molecular flexibility index (Phi) is 6.91. The molecule has 0 aliphatic heterocycles. The molecule has 2 rings (SSSR count). The summed E-state index contributed by atoms with van der Waals surface area (Å²) in [6, 6.07) is 14.1. The Labute approximate surface area is 141 Å². The number of nitrogens with one attached hydrogen (secondary N) is 1.